The lowest BCUT2D eigenvalue weighted by Gasteiger charge is -2.25. The Kier molecular flexibility index (Phi) is 4.20. The van der Waals surface area contributed by atoms with Gasteiger partial charge in [-0.15, -0.1) is 0 Å². The number of urea groups is 1. The highest BCUT2D eigenvalue weighted by Gasteiger charge is 2.50. The Morgan fingerprint density at radius 1 is 1.33 bits per heavy atom. The Morgan fingerprint density at radius 3 is 2.74 bits per heavy atom. The summed E-state index contributed by atoms with van der Waals surface area (Å²) < 4.78 is 52.2. The number of fused-ring (bicyclic) bond motifs is 2. The zero-order valence-corrected chi connectivity index (χ0v) is 15.9. The summed E-state index contributed by atoms with van der Waals surface area (Å²) in [5.74, 6) is -0.449. The van der Waals surface area contributed by atoms with Gasteiger partial charge in [0.15, 0.2) is 10.3 Å². The van der Waals surface area contributed by atoms with Crippen LogP contribution in [0.2, 0.25) is 0 Å². The second kappa shape index (κ2) is 6.21. The number of benzene rings is 1. The molecule has 2 amide bonds. The molecule has 3 heterocycles. The van der Waals surface area contributed by atoms with E-state index in [1.54, 1.807) is 0 Å². The molecule has 1 spiro atoms. The number of carbonyl (C=O) groups is 1. The van der Waals surface area contributed by atoms with E-state index in [1.165, 1.54) is 27.4 Å². The van der Waals surface area contributed by atoms with E-state index in [0.29, 0.717) is 35.6 Å². The summed E-state index contributed by atoms with van der Waals surface area (Å²) in [6.07, 6.45) is 2.62. The van der Waals surface area contributed by atoms with Crippen molar-refractivity contribution in [3.05, 3.63) is 40.9 Å². The number of sulfonamides is 1. The largest absolute Gasteiger partial charge is 0.328 e. The topological polar surface area (TPSA) is 82.6 Å². The van der Waals surface area contributed by atoms with Gasteiger partial charge < -0.3 is 0 Å². The average molecular weight is 414 g/mol. The molecule has 1 aromatic heterocycles. The lowest BCUT2D eigenvalue weighted by molar-refractivity contribution is 0.256. The third-order valence-corrected chi connectivity index (χ3v) is 6.96. The number of hydrogen-bond acceptors (Lipinski definition) is 5. The van der Waals surface area contributed by atoms with Gasteiger partial charge in [-0.25, -0.2) is 26.9 Å². The molecule has 4 rings (SSSR count). The van der Waals surface area contributed by atoms with E-state index in [-0.39, 0.29) is 18.2 Å². The van der Waals surface area contributed by atoms with Crippen LogP contribution in [0.15, 0.2) is 24.4 Å². The Morgan fingerprint density at radius 2 is 2.11 bits per heavy atom. The van der Waals surface area contributed by atoms with E-state index in [9.17, 15) is 22.0 Å². The van der Waals surface area contributed by atoms with Crippen LogP contribution in [0.25, 0.3) is 0 Å². The minimum Gasteiger partial charge on any atom is -0.293 e. The quantitative estimate of drug-likeness (QED) is 0.818. The summed E-state index contributed by atoms with van der Waals surface area (Å²) in [6.45, 7) is 0.692. The Hall–Kier alpha value is -2.11. The van der Waals surface area contributed by atoms with Crippen LogP contribution in [0.1, 0.15) is 12.0 Å². The van der Waals surface area contributed by atoms with Crippen LogP contribution in [0.3, 0.4) is 0 Å². The van der Waals surface area contributed by atoms with E-state index >= 15 is 0 Å². The molecule has 144 valence electrons. The standard InChI is InChI=1S/C16H16F2N4O3S2/c1-27(24,25)21-5-4-16(8-21)9-22(12-3-2-10(17)6-11(12)16)15(23)20-14-19-7-13(18)26-14/h2-3,6-7H,4-5,8-9H2,1H3,(H,19,20,23). The monoisotopic (exact) mass is 414 g/mol. The van der Waals surface area contributed by atoms with Crippen molar-refractivity contribution in [1.29, 1.82) is 0 Å². The van der Waals surface area contributed by atoms with E-state index < -0.39 is 32.4 Å². The molecule has 1 saturated heterocycles. The van der Waals surface area contributed by atoms with Crippen molar-refractivity contribution >= 4 is 38.2 Å². The van der Waals surface area contributed by atoms with Crippen LogP contribution < -0.4 is 10.2 Å². The number of anilines is 2. The fraction of sp³-hybridized carbons (Fsp3) is 0.375. The molecule has 1 unspecified atom stereocenters. The van der Waals surface area contributed by atoms with Gasteiger partial charge in [0.05, 0.1) is 12.5 Å². The number of thiazole rings is 1. The van der Waals surface area contributed by atoms with Crippen molar-refractivity contribution in [2.24, 2.45) is 0 Å². The maximum absolute atomic E-state index is 13.9. The van der Waals surface area contributed by atoms with E-state index in [0.717, 1.165) is 12.5 Å². The fourth-order valence-corrected chi connectivity index (χ4v) is 5.20. The fourth-order valence-electron chi connectivity index (χ4n) is 3.76. The molecular formula is C16H16F2N4O3S2. The van der Waals surface area contributed by atoms with Crippen LogP contribution in [-0.2, 0) is 15.4 Å². The maximum atomic E-state index is 13.9. The highest BCUT2D eigenvalue weighted by Crippen LogP contribution is 2.47. The molecule has 27 heavy (non-hydrogen) atoms. The van der Waals surface area contributed by atoms with Gasteiger partial charge in [-0.1, -0.05) is 11.3 Å². The number of hydrogen-bond donors (Lipinski definition) is 1. The van der Waals surface area contributed by atoms with Gasteiger partial charge in [0.25, 0.3) is 0 Å². The first-order chi connectivity index (χ1) is 12.7. The number of rotatable bonds is 2. The molecule has 0 aliphatic carbocycles. The molecule has 0 radical (unpaired) electrons. The number of amides is 2. The lowest BCUT2D eigenvalue weighted by Crippen LogP contribution is -2.41. The summed E-state index contributed by atoms with van der Waals surface area (Å²) in [4.78, 5) is 17.9. The summed E-state index contributed by atoms with van der Waals surface area (Å²) in [5.41, 5.74) is 0.446. The zero-order valence-electron chi connectivity index (χ0n) is 14.3. The van der Waals surface area contributed by atoms with E-state index in [4.69, 9.17) is 0 Å². The summed E-state index contributed by atoms with van der Waals surface area (Å²) in [7, 11) is -3.39. The molecule has 0 saturated carbocycles. The van der Waals surface area contributed by atoms with Gasteiger partial charge in [0.2, 0.25) is 10.0 Å². The molecule has 2 aliphatic heterocycles. The molecule has 2 aliphatic rings. The molecule has 11 heteroatoms. The molecule has 0 bridgehead atoms. The smallest absolute Gasteiger partial charge is 0.293 e. The van der Waals surface area contributed by atoms with E-state index in [1.807, 2.05) is 0 Å². The molecule has 1 fully saturated rings. The van der Waals surface area contributed by atoms with E-state index in [2.05, 4.69) is 10.3 Å². The van der Waals surface area contributed by atoms with Crippen molar-refractivity contribution in [3.8, 4) is 0 Å². The summed E-state index contributed by atoms with van der Waals surface area (Å²) in [6, 6.07) is 3.60. The lowest BCUT2D eigenvalue weighted by atomic mass is 9.81. The number of nitrogens with one attached hydrogen (secondary N) is 1. The minimum absolute atomic E-state index is 0.117. The number of nitrogens with zero attached hydrogens (tertiary/aromatic N) is 3. The summed E-state index contributed by atoms with van der Waals surface area (Å²) >= 11 is 0.702. The molecule has 1 N–H and O–H groups in total. The molecule has 1 aromatic carbocycles. The van der Waals surface area contributed by atoms with Crippen LogP contribution in [0.4, 0.5) is 24.4 Å². The first kappa shape index (κ1) is 18.3. The van der Waals surface area contributed by atoms with Crippen LogP contribution in [0, 0.1) is 10.9 Å². The molecule has 2 aromatic rings. The highest BCUT2D eigenvalue weighted by molar-refractivity contribution is 7.88. The summed E-state index contributed by atoms with van der Waals surface area (Å²) in [5, 5.41) is 2.13. The second-order valence-electron chi connectivity index (χ2n) is 6.77. The van der Waals surface area contributed by atoms with Crippen LogP contribution >= 0.6 is 11.3 Å². The van der Waals surface area contributed by atoms with Crippen LogP contribution in [-0.4, -0.2) is 49.6 Å². The third kappa shape index (κ3) is 3.19. The van der Waals surface area contributed by atoms with Gasteiger partial charge in [0, 0.05) is 30.7 Å². The SMILES string of the molecule is CS(=O)(=O)N1CCC2(CN(C(=O)Nc3ncc(F)s3)c3ccc(F)cc32)C1. The van der Waals surface area contributed by atoms with Gasteiger partial charge in [-0.2, -0.15) is 4.39 Å². The molecular weight excluding hydrogens is 398 g/mol. The average Bonchev–Trinajstić information content (AvgIpc) is 3.27. The molecule has 7 nitrogen and oxygen atoms in total. The van der Waals surface area contributed by atoms with Gasteiger partial charge >= 0.3 is 6.03 Å². The Balaban J connectivity index is 1.67. The predicted molar refractivity (Wildman–Crippen MR) is 97.5 cm³/mol. The van der Waals surface area contributed by atoms with Crippen molar-refractivity contribution in [2.75, 3.05) is 36.1 Å². The first-order valence-electron chi connectivity index (χ1n) is 8.13. The Bertz CT molecular complexity index is 1030. The van der Waals surface area contributed by atoms with Gasteiger partial charge in [0.1, 0.15) is 5.82 Å². The van der Waals surface area contributed by atoms with Crippen molar-refractivity contribution in [1.82, 2.24) is 9.29 Å². The number of halogens is 2. The normalized spacial score (nSPS) is 22.4. The van der Waals surface area contributed by atoms with Crippen molar-refractivity contribution < 1.29 is 22.0 Å². The Labute approximate surface area is 158 Å². The van der Waals surface area contributed by atoms with Crippen molar-refractivity contribution in [3.63, 3.8) is 0 Å². The number of aromatic nitrogens is 1. The minimum atomic E-state index is -3.39. The molecule has 1 atom stereocenters. The maximum Gasteiger partial charge on any atom is 0.328 e. The van der Waals surface area contributed by atoms with Crippen LogP contribution in [0.5, 0.6) is 0 Å². The van der Waals surface area contributed by atoms with Gasteiger partial charge in [-0.3, -0.25) is 10.2 Å². The number of carbonyl (C=O) groups excluding carboxylic acids is 1. The third-order valence-electron chi connectivity index (χ3n) is 5.01. The van der Waals surface area contributed by atoms with Gasteiger partial charge in [-0.05, 0) is 30.2 Å². The highest BCUT2D eigenvalue weighted by atomic mass is 32.2. The first-order valence-corrected chi connectivity index (χ1v) is 10.8. The van der Waals surface area contributed by atoms with Crippen molar-refractivity contribution in [2.45, 2.75) is 11.8 Å². The predicted octanol–water partition coefficient (Wildman–Crippen LogP) is 2.38. The second-order valence-corrected chi connectivity index (χ2v) is 9.74. The zero-order chi connectivity index (χ0) is 19.4.